The summed E-state index contributed by atoms with van der Waals surface area (Å²) in [4.78, 5) is 11.9. The van der Waals surface area contributed by atoms with Crippen molar-refractivity contribution >= 4 is 27.5 Å². The molecule has 2 nitrogen and oxygen atoms in total. The molecule has 0 saturated carbocycles. The van der Waals surface area contributed by atoms with E-state index in [1.54, 1.807) is 0 Å². The number of hydrogen-bond donors (Lipinski definition) is 1. The zero-order valence-electron chi connectivity index (χ0n) is 10.1. The third-order valence-electron chi connectivity index (χ3n) is 2.58. The van der Waals surface area contributed by atoms with Crippen LogP contribution < -0.4 is 5.32 Å². The average Bonchev–Trinajstić information content (AvgIpc) is 2.32. The second-order valence-corrected chi connectivity index (χ2v) is 5.14. The molecule has 2 rings (SSSR count). The van der Waals surface area contributed by atoms with Gasteiger partial charge in [-0.2, -0.15) is 0 Å². The van der Waals surface area contributed by atoms with Gasteiger partial charge in [0.2, 0.25) is 5.91 Å². The van der Waals surface area contributed by atoms with Crippen molar-refractivity contribution in [3.63, 3.8) is 0 Å². The number of nitrogens with one attached hydrogen (secondary N) is 1. The standard InChI is InChI=1S/C15H14BrNO/c1-11-3-2-4-14(9-11)17-15(18)10-12-5-7-13(16)8-6-12/h2-9H,10H2,1H3,(H,17,18). The van der Waals surface area contributed by atoms with E-state index in [1.165, 1.54) is 0 Å². The van der Waals surface area contributed by atoms with E-state index in [1.807, 2.05) is 55.5 Å². The van der Waals surface area contributed by atoms with Gasteiger partial charge in [0.05, 0.1) is 6.42 Å². The summed E-state index contributed by atoms with van der Waals surface area (Å²) in [6.07, 6.45) is 0.390. The number of rotatable bonds is 3. The highest BCUT2D eigenvalue weighted by molar-refractivity contribution is 9.10. The maximum atomic E-state index is 11.9. The molecule has 0 heterocycles. The molecule has 0 spiro atoms. The lowest BCUT2D eigenvalue weighted by Crippen LogP contribution is -2.14. The topological polar surface area (TPSA) is 29.1 Å². The van der Waals surface area contributed by atoms with Crippen molar-refractivity contribution in [1.29, 1.82) is 0 Å². The van der Waals surface area contributed by atoms with E-state index < -0.39 is 0 Å². The number of halogens is 1. The Morgan fingerprint density at radius 2 is 1.89 bits per heavy atom. The van der Waals surface area contributed by atoms with E-state index in [-0.39, 0.29) is 5.91 Å². The lowest BCUT2D eigenvalue weighted by atomic mass is 10.1. The van der Waals surface area contributed by atoms with Crippen molar-refractivity contribution in [3.05, 3.63) is 64.1 Å². The molecule has 92 valence electrons. The number of carbonyl (C=O) groups excluding carboxylic acids is 1. The van der Waals surface area contributed by atoms with E-state index in [0.29, 0.717) is 6.42 Å². The fourth-order valence-electron chi connectivity index (χ4n) is 1.72. The number of hydrogen-bond acceptors (Lipinski definition) is 1. The molecule has 1 amide bonds. The van der Waals surface area contributed by atoms with Crippen LogP contribution in [0.1, 0.15) is 11.1 Å². The van der Waals surface area contributed by atoms with Crippen LogP contribution in [0, 0.1) is 6.92 Å². The fourth-order valence-corrected chi connectivity index (χ4v) is 1.98. The van der Waals surface area contributed by atoms with Gasteiger partial charge in [0.15, 0.2) is 0 Å². The maximum Gasteiger partial charge on any atom is 0.228 e. The summed E-state index contributed by atoms with van der Waals surface area (Å²) < 4.78 is 1.02. The number of amides is 1. The number of benzene rings is 2. The van der Waals surface area contributed by atoms with Gasteiger partial charge < -0.3 is 5.32 Å². The summed E-state index contributed by atoms with van der Waals surface area (Å²) in [5.74, 6) is 0.00271. The fraction of sp³-hybridized carbons (Fsp3) is 0.133. The Morgan fingerprint density at radius 1 is 1.17 bits per heavy atom. The van der Waals surface area contributed by atoms with Crippen molar-refractivity contribution in [2.24, 2.45) is 0 Å². The first-order chi connectivity index (χ1) is 8.63. The lowest BCUT2D eigenvalue weighted by molar-refractivity contribution is -0.115. The first-order valence-electron chi connectivity index (χ1n) is 5.74. The molecule has 0 atom stereocenters. The molecule has 0 aliphatic heterocycles. The van der Waals surface area contributed by atoms with Crippen LogP contribution in [0.4, 0.5) is 5.69 Å². The Hall–Kier alpha value is -1.61. The molecule has 0 aliphatic rings. The minimum absolute atomic E-state index is 0.00271. The van der Waals surface area contributed by atoms with Gasteiger partial charge in [-0.3, -0.25) is 4.79 Å². The Bertz CT molecular complexity index is 549. The van der Waals surface area contributed by atoms with Gasteiger partial charge in [0.25, 0.3) is 0 Å². The van der Waals surface area contributed by atoms with E-state index in [4.69, 9.17) is 0 Å². The highest BCUT2D eigenvalue weighted by atomic mass is 79.9. The summed E-state index contributed by atoms with van der Waals surface area (Å²) in [5, 5.41) is 2.90. The van der Waals surface area contributed by atoms with Gasteiger partial charge in [-0.15, -0.1) is 0 Å². The highest BCUT2D eigenvalue weighted by Crippen LogP contribution is 2.13. The van der Waals surface area contributed by atoms with Gasteiger partial charge >= 0.3 is 0 Å². The zero-order chi connectivity index (χ0) is 13.0. The predicted molar refractivity (Wildman–Crippen MR) is 77.7 cm³/mol. The smallest absolute Gasteiger partial charge is 0.228 e. The molecule has 3 heteroatoms. The molecular weight excluding hydrogens is 290 g/mol. The maximum absolute atomic E-state index is 11.9. The number of aryl methyl sites for hydroxylation is 1. The summed E-state index contributed by atoms with van der Waals surface area (Å²) in [5.41, 5.74) is 2.98. The molecule has 0 saturated heterocycles. The third-order valence-corrected chi connectivity index (χ3v) is 3.11. The van der Waals surface area contributed by atoms with E-state index in [9.17, 15) is 4.79 Å². The second-order valence-electron chi connectivity index (χ2n) is 4.22. The van der Waals surface area contributed by atoms with Gasteiger partial charge in [-0.25, -0.2) is 0 Å². The van der Waals surface area contributed by atoms with Crippen LogP contribution in [0.25, 0.3) is 0 Å². The molecule has 0 aromatic heterocycles. The van der Waals surface area contributed by atoms with Crippen molar-refractivity contribution in [1.82, 2.24) is 0 Å². The average molecular weight is 304 g/mol. The zero-order valence-corrected chi connectivity index (χ0v) is 11.7. The van der Waals surface area contributed by atoms with Crippen LogP contribution in [-0.4, -0.2) is 5.91 Å². The summed E-state index contributed by atoms with van der Waals surface area (Å²) >= 11 is 3.37. The minimum Gasteiger partial charge on any atom is -0.326 e. The molecule has 0 radical (unpaired) electrons. The van der Waals surface area contributed by atoms with Gasteiger partial charge in [-0.05, 0) is 42.3 Å². The van der Waals surface area contributed by atoms with Crippen LogP contribution in [0.5, 0.6) is 0 Å². The van der Waals surface area contributed by atoms with Crippen LogP contribution >= 0.6 is 15.9 Å². The molecular formula is C15H14BrNO. The van der Waals surface area contributed by atoms with Crippen LogP contribution in [0.3, 0.4) is 0 Å². The van der Waals surface area contributed by atoms with Gasteiger partial charge in [0, 0.05) is 10.2 Å². The molecule has 0 fully saturated rings. The molecule has 0 unspecified atom stereocenters. The van der Waals surface area contributed by atoms with E-state index >= 15 is 0 Å². The SMILES string of the molecule is Cc1cccc(NC(=O)Cc2ccc(Br)cc2)c1. The molecule has 0 aliphatic carbocycles. The largest absolute Gasteiger partial charge is 0.326 e. The normalized spacial score (nSPS) is 10.1. The molecule has 0 bridgehead atoms. The molecule has 2 aromatic carbocycles. The van der Waals surface area contributed by atoms with E-state index in [0.717, 1.165) is 21.3 Å². The van der Waals surface area contributed by atoms with Crippen molar-refractivity contribution in [2.45, 2.75) is 13.3 Å². The summed E-state index contributed by atoms with van der Waals surface area (Å²) in [7, 11) is 0. The minimum atomic E-state index is 0.00271. The van der Waals surface area contributed by atoms with Crippen LogP contribution in [0.2, 0.25) is 0 Å². The molecule has 2 aromatic rings. The lowest BCUT2D eigenvalue weighted by Gasteiger charge is -2.06. The quantitative estimate of drug-likeness (QED) is 0.914. The third kappa shape index (κ3) is 3.70. The Kier molecular flexibility index (Phi) is 4.15. The number of anilines is 1. The highest BCUT2D eigenvalue weighted by Gasteiger charge is 2.04. The van der Waals surface area contributed by atoms with Crippen molar-refractivity contribution in [2.75, 3.05) is 5.32 Å². The predicted octanol–water partition coefficient (Wildman–Crippen LogP) is 3.94. The first-order valence-corrected chi connectivity index (χ1v) is 6.54. The Morgan fingerprint density at radius 3 is 2.56 bits per heavy atom. The van der Waals surface area contributed by atoms with Crippen LogP contribution in [-0.2, 0) is 11.2 Å². The Balaban J connectivity index is 1.98. The van der Waals surface area contributed by atoms with Crippen molar-refractivity contribution in [3.8, 4) is 0 Å². The summed E-state index contributed by atoms with van der Waals surface area (Å²) in [6.45, 7) is 2.00. The second kappa shape index (κ2) is 5.83. The van der Waals surface area contributed by atoms with Gasteiger partial charge in [-0.1, -0.05) is 40.2 Å². The molecule has 18 heavy (non-hydrogen) atoms. The number of carbonyl (C=O) groups is 1. The van der Waals surface area contributed by atoms with Gasteiger partial charge in [0.1, 0.15) is 0 Å². The first kappa shape index (κ1) is 12.8. The summed E-state index contributed by atoms with van der Waals surface area (Å²) in [6, 6.07) is 15.6. The van der Waals surface area contributed by atoms with Crippen LogP contribution in [0.15, 0.2) is 53.0 Å². The van der Waals surface area contributed by atoms with Crippen molar-refractivity contribution < 1.29 is 4.79 Å². The monoisotopic (exact) mass is 303 g/mol. The Labute approximate surface area is 115 Å². The molecule has 1 N–H and O–H groups in total. The van der Waals surface area contributed by atoms with E-state index in [2.05, 4.69) is 21.2 Å².